The Labute approximate surface area is 137 Å². The molecule has 0 radical (unpaired) electrons. The Kier molecular flexibility index (Phi) is 3.34. The number of pyridine rings is 1. The van der Waals surface area contributed by atoms with Crippen molar-refractivity contribution < 1.29 is 4.57 Å². The van der Waals surface area contributed by atoms with Crippen molar-refractivity contribution in [3.63, 3.8) is 0 Å². The largest absolute Gasteiger partial charge is 0.219 e. The van der Waals surface area contributed by atoms with Crippen LogP contribution in [-0.4, -0.2) is 0 Å². The molecule has 0 unspecified atom stereocenters. The lowest BCUT2D eigenvalue weighted by Gasteiger charge is -2.05. The number of fused-ring (bicyclic) bond motifs is 3. The van der Waals surface area contributed by atoms with E-state index in [0.717, 1.165) is 12.1 Å². The number of aromatic nitrogens is 1. The first kappa shape index (κ1) is 14.0. The molecule has 0 N–H and O–H groups in total. The van der Waals surface area contributed by atoms with Crippen molar-refractivity contribution in [1.82, 2.24) is 0 Å². The van der Waals surface area contributed by atoms with Crippen LogP contribution >= 0.6 is 0 Å². The predicted octanol–water partition coefficient (Wildman–Crippen LogP) is 5.09. The van der Waals surface area contributed by atoms with E-state index in [4.69, 9.17) is 0 Å². The van der Waals surface area contributed by atoms with Crippen LogP contribution < -0.4 is 4.57 Å². The highest BCUT2D eigenvalue weighted by atomic mass is 15.0. The Hall–Kier alpha value is -2.67. The third kappa shape index (κ3) is 2.29. The molecule has 0 aliphatic carbocycles. The molecule has 2 aromatic carbocycles. The normalized spacial score (nSPS) is 12.1. The van der Waals surface area contributed by atoms with Crippen LogP contribution in [0.25, 0.3) is 28.1 Å². The van der Waals surface area contributed by atoms with E-state index in [0.29, 0.717) is 0 Å². The molecule has 1 heteroatoms. The summed E-state index contributed by atoms with van der Waals surface area (Å²) in [7, 11) is 0. The SMILES string of the molecule is C=C1c2ccc(-c3ccc(CCC)cc3)cc2-c2cccc[n+]21. The molecule has 0 saturated heterocycles. The van der Waals surface area contributed by atoms with Crippen LogP contribution in [0.4, 0.5) is 0 Å². The second kappa shape index (κ2) is 5.51. The molecule has 1 aliphatic heterocycles. The molecular weight excluding hydrogens is 278 g/mol. The summed E-state index contributed by atoms with van der Waals surface area (Å²) in [5, 5.41) is 0. The van der Waals surface area contributed by atoms with E-state index in [-0.39, 0.29) is 0 Å². The van der Waals surface area contributed by atoms with Crippen molar-refractivity contribution >= 4 is 5.70 Å². The van der Waals surface area contributed by atoms with E-state index in [1.165, 1.54) is 39.9 Å². The standard InChI is InChI=1S/C22H20N/c1-3-6-17-8-10-18(11-9-17)19-12-13-20-16(2)23-14-5-4-7-22(23)21(20)15-19/h4-5,7-15H,2-3,6H2,1H3/q+1. The van der Waals surface area contributed by atoms with Crippen LogP contribution in [0.1, 0.15) is 24.5 Å². The van der Waals surface area contributed by atoms with Gasteiger partial charge in [-0.15, -0.1) is 0 Å². The first-order valence-corrected chi connectivity index (χ1v) is 8.22. The maximum Gasteiger partial charge on any atom is 0.219 e. The van der Waals surface area contributed by atoms with Gasteiger partial charge in [0.1, 0.15) is 0 Å². The number of benzene rings is 2. The highest BCUT2D eigenvalue weighted by Gasteiger charge is 2.29. The highest BCUT2D eigenvalue weighted by molar-refractivity contribution is 5.83. The van der Waals surface area contributed by atoms with Gasteiger partial charge >= 0.3 is 0 Å². The lowest BCUT2D eigenvalue weighted by Crippen LogP contribution is -2.29. The first-order chi connectivity index (χ1) is 11.3. The average Bonchev–Trinajstić information content (AvgIpc) is 2.89. The fourth-order valence-corrected chi connectivity index (χ4v) is 3.37. The predicted molar refractivity (Wildman–Crippen MR) is 95.9 cm³/mol. The zero-order valence-corrected chi connectivity index (χ0v) is 13.4. The zero-order chi connectivity index (χ0) is 15.8. The lowest BCUT2D eigenvalue weighted by atomic mass is 9.97. The monoisotopic (exact) mass is 298 g/mol. The number of aryl methyl sites for hydroxylation is 1. The summed E-state index contributed by atoms with van der Waals surface area (Å²) >= 11 is 0. The van der Waals surface area contributed by atoms with Gasteiger partial charge in [-0.3, -0.25) is 0 Å². The van der Waals surface area contributed by atoms with E-state index in [9.17, 15) is 0 Å². The summed E-state index contributed by atoms with van der Waals surface area (Å²) in [5.41, 5.74) is 8.71. The van der Waals surface area contributed by atoms with Gasteiger partial charge in [0.2, 0.25) is 11.4 Å². The van der Waals surface area contributed by atoms with Gasteiger partial charge in [-0.1, -0.05) is 43.7 Å². The van der Waals surface area contributed by atoms with Gasteiger partial charge in [-0.2, -0.15) is 4.57 Å². The molecule has 1 aromatic heterocycles. The molecule has 0 saturated carbocycles. The molecule has 0 fully saturated rings. The molecule has 0 spiro atoms. The molecule has 3 aromatic rings. The zero-order valence-electron chi connectivity index (χ0n) is 13.4. The fourth-order valence-electron chi connectivity index (χ4n) is 3.37. The van der Waals surface area contributed by atoms with Gasteiger partial charge < -0.3 is 0 Å². The van der Waals surface area contributed by atoms with Crippen LogP contribution in [0, 0.1) is 0 Å². The fraction of sp³-hybridized carbons (Fsp3) is 0.136. The van der Waals surface area contributed by atoms with Crippen LogP contribution in [0.3, 0.4) is 0 Å². The number of hydrogen-bond donors (Lipinski definition) is 0. The van der Waals surface area contributed by atoms with Crippen molar-refractivity contribution in [1.29, 1.82) is 0 Å². The number of nitrogens with zero attached hydrogens (tertiary/aromatic N) is 1. The summed E-state index contributed by atoms with van der Waals surface area (Å²) in [5.74, 6) is 0. The Balaban J connectivity index is 1.78. The minimum absolute atomic E-state index is 1.06. The van der Waals surface area contributed by atoms with Gasteiger partial charge in [0.25, 0.3) is 0 Å². The van der Waals surface area contributed by atoms with Gasteiger partial charge in [0.15, 0.2) is 6.20 Å². The summed E-state index contributed by atoms with van der Waals surface area (Å²) in [6.45, 7) is 6.45. The van der Waals surface area contributed by atoms with E-state index in [2.05, 4.69) is 78.9 Å². The third-order valence-electron chi connectivity index (χ3n) is 4.58. The van der Waals surface area contributed by atoms with Crippen molar-refractivity contribution in [2.45, 2.75) is 19.8 Å². The second-order valence-electron chi connectivity index (χ2n) is 6.11. The summed E-state index contributed by atoms with van der Waals surface area (Å²) in [6.07, 6.45) is 4.42. The van der Waals surface area contributed by atoms with Crippen molar-refractivity contribution in [2.75, 3.05) is 0 Å². The van der Waals surface area contributed by atoms with Crippen LogP contribution in [0.5, 0.6) is 0 Å². The average molecular weight is 298 g/mol. The third-order valence-corrected chi connectivity index (χ3v) is 4.58. The van der Waals surface area contributed by atoms with E-state index < -0.39 is 0 Å². The molecule has 0 amide bonds. The Bertz CT molecular complexity index is 888. The molecular formula is C22H20N+. The minimum Gasteiger partial charge on any atom is -0.160 e. The first-order valence-electron chi connectivity index (χ1n) is 8.22. The van der Waals surface area contributed by atoms with E-state index in [1.807, 2.05) is 6.07 Å². The molecule has 112 valence electrons. The summed E-state index contributed by atoms with van der Waals surface area (Å²) < 4.78 is 2.17. The van der Waals surface area contributed by atoms with Crippen LogP contribution in [0.15, 0.2) is 73.4 Å². The maximum absolute atomic E-state index is 4.23. The smallest absolute Gasteiger partial charge is 0.160 e. The number of hydrogen-bond acceptors (Lipinski definition) is 0. The molecule has 0 bridgehead atoms. The van der Waals surface area contributed by atoms with Crippen molar-refractivity contribution in [3.05, 3.63) is 84.6 Å². The van der Waals surface area contributed by atoms with E-state index >= 15 is 0 Å². The molecule has 1 aliphatic rings. The quantitative estimate of drug-likeness (QED) is 0.464. The Morgan fingerprint density at radius 3 is 2.43 bits per heavy atom. The van der Waals surface area contributed by atoms with Gasteiger partial charge in [-0.05, 0) is 47.9 Å². The van der Waals surface area contributed by atoms with Crippen LogP contribution in [-0.2, 0) is 6.42 Å². The summed E-state index contributed by atoms with van der Waals surface area (Å²) in [4.78, 5) is 0. The highest BCUT2D eigenvalue weighted by Crippen LogP contribution is 2.35. The van der Waals surface area contributed by atoms with Gasteiger partial charge in [0, 0.05) is 12.1 Å². The molecule has 2 heterocycles. The molecule has 0 atom stereocenters. The lowest BCUT2D eigenvalue weighted by molar-refractivity contribution is -0.562. The van der Waals surface area contributed by atoms with Gasteiger partial charge in [0.05, 0.1) is 11.1 Å². The minimum atomic E-state index is 1.06. The van der Waals surface area contributed by atoms with Crippen LogP contribution in [0.2, 0.25) is 0 Å². The second-order valence-corrected chi connectivity index (χ2v) is 6.11. The number of rotatable bonds is 3. The molecule has 1 nitrogen and oxygen atoms in total. The van der Waals surface area contributed by atoms with Gasteiger partial charge in [-0.25, -0.2) is 0 Å². The summed E-state index contributed by atoms with van der Waals surface area (Å²) in [6, 6.07) is 21.9. The van der Waals surface area contributed by atoms with Crippen molar-refractivity contribution in [2.24, 2.45) is 0 Å². The topological polar surface area (TPSA) is 3.88 Å². The Morgan fingerprint density at radius 2 is 1.65 bits per heavy atom. The van der Waals surface area contributed by atoms with E-state index in [1.54, 1.807) is 0 Å². The van der Waals surface area contributed by atoms with Crippen molar-refractivity contribution in [3.8, 4) is 22.4 Å². The molecule has 4 rings (SSSR count). The molecule has 23 heavy (non-hydrogen) atoms. The maximum atomic E-state index is 4.23. The Morgan fingerprint density at radius 1 is 0.870 bits per heavy atom.